The Labute approximate surface area is 164 Å². The highest BCUT2D eigenvalue weighted by Crippen LogP contribution is 2.13. The van der Waals surface area contributed by atoms with Crippen LogP contribution in [0.1, 0.15) is 56.2 Å². The van der Waals surface area contributed by atoms with Crippen LogP contribution >= 0.6 is 0 Å². The molecule has 0 aliphatic carbocycles. The van der Waals surface area contributed by atoms with Gasteiger partial charge in [0.05, 0.1) is 6.61 Å². The Balaban J connectivity index is 1.78. The molecule has 0 N–H and O–H groups in total. The Morgan fingerprint density at radius 2 is 1.33 bits per heavy atom. The highest BCUT2D eigenvalue weighted by Gasteiger charge is 1.94. The average Bonchev–Trinajstić information content (AvgIpc) is 2.70. The van der Waals surface area contributed by atoms with E-state index in [1.54, 1.807) is 0 Å². The molecule has 2 rings (SSSR count). The van der Waals surface area contributed by atoms with Crippen molar-refractivity contribution in [1.29, 1.82) is 0 Å². The number of ether oxygens (including phenoxy) is 1. The monoisotopic (exact) mass is 358 g/mol. The van der Waals surface area contributed by atoms with Gasteiger partial charge in [-0.05, 0) is 72.9 Å². The van der Waals surface area contributed by atoms with Crippen LogP contribution in [0.25, 0.3) is 12.2 Å². The van der Waals surface area contributed by atoms with Crippen LogP contribution in [0, 0.1) is 11.8 Å². The second-order valence-corrected chi connectivity index (χ2v) is 6.51. The predicted octanol–water partition coefficient (Wildman–Crippen LogP) is 6.94. The highest BCUT2D eigenvalue weighted by atomic mass is 16.5. The fourth-order valence-electron chi connectivity index (χ4n) is 2.77. The molecule has 0 bridgehead atoms. The van der Waals surface area contributed by atoms with Crippen molar-refractivity contribution < 1.29 is 4.74 Å². The molecule has 0 saturated carbocycles. The van der Waals surface area contributed by atoms with Gasteiger partial charge in [-0.2, -0.15) is 0 Å². The second kappa shape index (κ2) is 12.6. The van der Waals surface area contributed by atoms with Crippen LogP contribution in [-0.4, -0.2) is 6.61 Å². The second-order valence-electron chi connectivity index (χ2n) is 6.51. The summed E-state index contributed by atoms with van der Waals surface area (Å²) in [5, 5.41) is 0. The van der Waals surface area contributed by atoms with E-state index in [-0.39, 0.29) is 0 Å². The summed E-state index contributed by atoms with van der Waals surface area (Å²) in [5.74, 6) is 7.00. The molecule has 1 heteroatoms. The largest absolute Gasteiger partial charge is 0.494 e. The van der Waals surface area contributed by atoms with Crippen molar-refractivity contribution in [2.75, 3.05) is 6.61 Å². The van der Waals surface area contributed by atoms with Crippen molar-refractivity contribution in [1.82, 2.24) is 0 Å². The van der Waals surface area contributed by atoms with Gasteiger partial charge >= 0.3 is 0 Å². The fourth-order valence-corrected chi connectivity index (χ4v) is 2.77. The first kappa shape index (κ1) is 20.6. The molecular weight excluding hydrogens is 328 g/mol. The van der Waals surface area contributed by atoms with E-state index < -0.39 is 0 Å². The van der Waals surface area contributed by atoms with E-state index in [4.69, 9.17) is 4.74 Å². The van der Waals surface area contributed by atoms with Gasteiger partial charge in [0.25, 0.3) is 0 Å². The van der Waals surface area contributed by atoms with Crippen molar-refractivity contribution in [3.8, 4) is 17.6 Å². The van der Waals surface area contributed by atoms with E-state index in [1.807, 2.05) is 49.4 Å². The summed E-state index contributed by atoms with van der Waals surface area (Å²) in [5.41, 5.74) is 3.73. The first-order valence-corrected chi connectivity index (χ1v) is 9.97. The maximum atomic E-state index is 5.44. The summed E-state index contributed by atoms with van der Waals surface area (Å²) >= 11 is 0. The van der Waals surface area contributed by atoms with E-state index in [0.29, 0.717) is 6.61 Å². The number of unbranched alkanes of at least 4 members (excludes halogenated alkanes) is 3. The number of hydrogen-bond acceptors (Lipinski definition) is 1. The molecule has 0 fully saturated rings. The summed E-state index contributed by atoms with van der Waals surface area (Å²) in [7, 11) is 0. The smallest absolute Gasteiger partial charge is 0.119 e. The van der Waals surface area contributed by atoms with Crippen LogP contribution in [0.15, 0.2) is 60.7 Å². The zero-order valence-electron chi connectivity index (χ0n) is 16.6. The minimum absolute atomic E-state index is 0.689. The molecule has 2 aromatic rings. The lowest BCUT2D eigenvalue weighted by atomic mass is 10.0. The Morgan fingerprint density at radius 3 is 1.89 bits per heavy atom. The lowest BCUT2D eigenvalue weighted by Crippen LogP contribution is -1.90. The van der Waals surface area contributed by atoms with Crippen molar-refractivity contribution in [3.05, 3.63) is 77.4 Å². The van der Waals surface area contributed by atoms with Gasteiger partial charge in [0, 0.05) is 0 Å². The molecule has 0 radical (unpaired) electrons. The van der Waals surface area contributed by atoms with Gasteiger partial charge in [-0.15, -0.1) is 0 Å². The Hall–Kier alpha value is -2.72. The van der Waals surface area contributed by atoms with E-state index in [1.165, 1.54) is 43.2 Å². The van der Waals surface area contributed by atoms with Crippen molar-refractivity contribution in [2.45, 2.75) is 46.0 Å². The standard InChI is InChI=1S/C26H30O/c1-3-5-6-9-12-23-15-17-24(18-16-23)13-10-7-8-11-14-25-19-21-26(22-20-25)27-4-2/h10-11,13-22H,3-6,9,12H2,1-2H3. The molecule has 0 aliphatic rings. The van der Waals surface area contributed by atoms with E-state index in [9.17, 15) is 0 Å². The third kappa shape index (κ3) is 8.47. The predicted molar refractivity (Wildman–Crippen MR) is 118 cm³/mol. The van der Waals surface area contributed by atoms with Gasteiger partial charge in [-0.3, -0.25) is 0 Å². The molecule has 2 aromatic carbocycles. The van der Waals surface area contributed by atoms with Crippen LogP contribution in [0.5, 0.6) is 5.75 Å². The maximum absolute atomic E-state index is 5.44. The van der Waals surface area contributed by atoms with Gasteiger partial charge in [0.2, 0.25) is 0 Å². The molecule has 0 unspecified atom stereocenters. The first-order chi connectivity index (χ1) is 13.3. The summed E-state index contributed by atoms with van der Waals surface area (Å²) in [6, 6.07) is 16.8. The quantitative estimate of drug-likeness (QED) is 0.348. The Morgan fingerprint density at radius 1 is 0.741 bits per heavy atom. The molecule has 0 amide bonds. The molecule has 27 heavy (non-hydrogen) atoms. The Bertz CT molecular complexity index is 768. The van der Waals surface area contributed by atoms with E-state index >= 15 is 0 Å². The van der Waals surface area contributed by atoms with Crippen LogP contribution in [0.3, 0.4) is 0 Å². The number of benzene rings is 2. The van der Waals surface area contributed by atoms with Crippen LogP contribution < -0.4 is 4.74 Å². The van der Waals surface area contributed by atoms with Crippen LogP contribution in [0.2, 0.25) is 0 Å². The number of rotatable bonds is 9. The van der Waals surface area contributed by atoms with Crippen LogP contribution in [0.4, 0.5) is 0 Å². The lowest BCUT2D eigenvalue weighted by molar-refractivity contribution is 0.340. The summed E-state index contributed by atoms with van der Waals surface area (Å²) in [6.45, 7) is 4.93. The van der Waals surface area contributed by atoms with Crippen molar-refractivity contribution >= 4 is 12.2 Å². The van der Waals surface area contributed by atoms with Gasteiger partial charge in [0.15, 0.2) is 0 Å². The lowest BCUT2D eigenvalue weighted by Gasteiger charge is -2.01. The SMILES string of the molecule is CCCCCCc1ccc(C=CC#CC=Cc2ccc(OCC)cc2)cc1. The maximum Gasteiger partial charge on any atom is 0.119 e. The number of allylic oxidation sites excluding steroid dienone is 2. The van der Waals surface area contributed by atoms with E-state index in [0.717, 1.165) is 11.3 Å². The molecular formula is C26H30O. The topological polar surface area (TPSA) is 9.23 Å². The molecule has 0 aliphatic heterocycles. The highest BCUT2D eigenvalue weighted by molar-refractivity contribution is 5.56. The average molecular weight is 359 g/mol. The minimum Gasteiger partial charge on any atom is -0.494 e. The molecule has 0 atom stereocenters. The summed E-state index contributed by atoms with van der Waals surface area (Å²) < 4.78 is 5.44. The van der Waals surface area contributed by atoms with Crippen molar-refractivity contribution in [3.63, 3.8) is 0 Å². The third-order valence-electron chi connectivity index (χ3n) is 4.29. The molecule has 0 spiro atoms. The first-order valence-electron chi connectivity index (χ1n) is 9.97. The number of aryl methyl sites for hydroxylation is 1. The Kier molecular flexibility index (Phi) is 9.61. The third-order valence-corrected chi connectivity index (χ3v) is 4.29. The zero-order chi connectivity index (χ0) is 19.2. The number of hydrogen-bond donors (Lipinski definition) is 0. The molecule has 0 heterocycles. The summed E-state index contributed by atoms with van der Waals surface area (Å²) in [4.78, 5) is 0. The normalized spacial score (nSPS) is 10.9. The summed E-state index contributed by atoms with van der Waals surface area (Å²) in [6.07, 6.45) is 14.3. The van der Waals surface area contributed by atoms with Gasteiger partial charge in [-0.25, -0.2) is 0 Å². The molecule has 1 nitrogen and oxygen atoms in total. The van der Waals surface area contributed by atoms with E-state index in [2.05, 4.69) is 49.1 Å². The van der Waals surface area contributed by atoms with Crippen molar-refractivity contribution in [2.24, 2.45) is 0 Å². The van der Waals surface area contributed by atoms with Gasteiger partial charge in [0.1, 0.15) is 5.75 Å². The zero-order valence-corrected chi connectivity index (χ0v) is 16.6. The van der Waals surface area contributed by atoms with Gasteiger partial charge in [-0.1, -0.05) is 74.4 Å². The fraction of sp³-hybridized carbons (Fsp3) is 0.308. The molecule has 0 aromatic heterocycles. The molecule has 140 valence electrons. The molecule has 0 saturated heterocycles. The van der Waals surface area contributed by atoms with Crippen LogP contribution in [-0.2, 0) is 6.42 Å². The van der Waals surface area contributed by atoms with Gasteiger partial charge < -0.3 is 4.74 Å². The minimum atomic E-state index is 0.689.